The molecule has 5 heteroatoms. The highest BCUT2D eigenvalue weighted by Gasteiger charge is 2.14. The minimum atomic E-state index is 0. The van der Waals surface area contributed by atoms with Gasteiger partial charge < -0.3 is 15.4 Å². The first-order valence-electron chi connectivity index (χ1n) is 7.82. The molecule has 4 nitrogen and oxygen atoms in total. The monoisotopic (exact) mass is 326 g/mol. The van der Waals surface area contributed by atoms with Crippen molar-refractivity contribution in [3.63, 3.8) is 0 Å². The molecule has 1 atom stereocenters. The average molecular weight is 327 g/mol. The Kier molecular flexibility index (Phi) is 8.46. The van der Waals surface area contributed by atoms with E-state index in [2.05, 4.69) is 10.6 Å². The van der Waals surface area contributed by atoms with Crippen LogP contribution in [0.5, 0.6) is 0 Å². The molecule has 124 valence electrons. The number of nitrogens with one attached hydrogen (secondary N) is 2. The highest BCUT2D eigenvalue weighted by atomic mass is 35.5. The third-order valence-electron chi connectivity index (χ3n) is 4.23. The van der Waals surface area contributed by atoms with Gasteiger partial charge in [-0.2, -0.15) is 0 Å². The van der Waals surface area contributed by atoms with Crippen LogP contribution in [0.1, 0.15) is 44.3 Å². The first-order chi connectivity index (χ1) is 10.2. The van der Waals surface area contributed by atoms with Crippen molar-refractivity contribution in [3.8, 4) is 0 Å². The van der Waals surface area contributed by atoms with Gasteiger partial charge in [-0.15, -0.1) is 12.4 Å². The number of hydrogen-bond acceptors (Lipinski definition) is 3. The minimum Gasteiger partial charge on any atom is -0.377 e. The van der Waals surface area contributed by atoms with Gasteiger partial charge in [0.1, 0.15) is 0 Å². The zero-order valence-electron chi connectivity index (χ0n) is 13.4. The van der Waals surface area contributed by atoms with Crippen LogP contribution >= 0.6 is 12.4 Å². The number of rotatable bonds is 6. The van der Waals surface area contributed by atoms with Crippen LogP contribution in [0.25, 0.3) is 0 Å². The lowest BCUT2D eigenvalue weighted by molar-refractivity contribution is -0.116. The third-order valence-corrected chi connectivity index (χ3v) is 4.23. The van der Waals surface area contributed by atoms with Crippen LogP contribution in [0.3, 0.4) is 0 Å². The van der Waals surface area contributed by atoms with Crippen LogP contribution in [-0.2, 0) is 9.53 Å². The van der Waals surface area contributed by atoms with Gasteiger partial charge in [-0.25, -0.2) is 0 Å². The predicted molar refractivity (Wildman–Crippen MR) is 92.6 cm³/mol. The Morgan fingerprint density at radius 2 is 2.14 bits per heavy atom. The molecule has 1 aromatic rings. The summed E-state index contributed by atoms with van der Waals surface area (Å²) in [5.41, 5.74) is 1.93. The Bertz CT molecular complexity index is 462. The summed E-state index contributed by atoms with van der Waals surface area (Å²) in [7, 11) is 1.69. The summed E-state index contributed by atoms with van der Waals surface area (Å²) in [5.74, 6) is 0.799. The topological polar surface area (TPSA) is 50.4 Å². The van der Waals surface area contributed by atoms with E-state index in [1.807, 2.05) is 31.2 Å². The normalized spacial score (nSPS) is 16.6. The Morgan fingerprint density at radius 1 is 1.41 bits per heavy atom. The van der Waals surface area contributed by atoms with Crippen molar-refractivity contribution in [2.24, 2.45) is 5.92 Å². The van der Waals surface area contributed by atoms with Gasteiger partial charge in [-0.05, 0) is 62.9 Å². The fourth-order valence-electron chi connectivity index (χ4n) is 2.73. The van der Waals surface area contributed by atoms with Gasteiger partial charge in [0.15, 0.2) is 0 Å². The molecule has 1 amide bonds. The largest absolute Gasteiger partial charge is 0.377 e. The lowest BCUT2D eigenvalue weighted by Crippen LogP contribution is -2.28. The van der Waals surface area contributed by atoms with Crippen molar-refractivity contribution in [2.45, 2.75) is 38.7 Å². The van der Waals surface area contributed by atoms with Crippen molar-refractivity contribution >= 4 is 24.0 Å². The van der Waals surface area contributed by atoms with E-state index in [4.69, 9.17) is 4.74 Å². The number of anilines is 1. The fourth-order valence-corrected chi connectivity index (χ4v) is 2.73. The molecule has 22 heavy (non-hydrogen) atoms. The van der Waals surface area contributed by atoms with E-state index >= 15 is 0 Å². The third kappa shape index (κ3) is 5.95. The quantitative estimate of drug-likeness (QED) is 0.840. The smallest absolute Gasteiger partial charge is 0.224 e. The van der Waals surface area contributed by atoms with Gasteiger partial charge in [0.05, 0.1) is 6.10 Å². The maximum Gasteiger partial charge on any atom is 0.224 e. The van der Waals surface area contributed by atoms with Crippen LogP contribution < -0.4 is 10.6 Å². The standard InChI is InChI=1S/C17H26N2O2.ClH/c1-13(21-2)15-4-3-5-16(12-15)19-17(20)7-6-14-8-10-18-11-9-14;/h3-5,12-14,18H,6-11H2,1-2H3,(H,19,20);1H. The number of carbonyl (C=O) groups is 1. The van der Waals surface area contributed by atoms with Crippen LogP contribution in [0.15, 0.2) is 24.3 Å². The Hall–Kier alpha value is -1.10. The molecule has 1 saturated heterocycles. The molecule has 1 fully saturated rings. The molecule has 1 aliphatic heterocycles. The van der Waals surface area contributed by atoms with Crippen molar-refractivity contribution in [1.82, 2.24) is 5.32 Å². The van der Waals surface area contributed by atoms with Gasteiger partial charge in [0.2, 0.25) is 5.91 Å². The Balaban J connectivity index is 0.00000242. The number of ether oxygens (including phenoxy) is 1. The summed E-state index contributed by atoms with van der Waals surface area (Å²) in [6.07, 6.45) is 4.01. The first-order valence-corrected chi connectivity index (χ1v) is 7.82. The molecule has 2 N–H and O–H groups in total. The maximum absolute atomic E-state index is 12.0. The van der Waals surface area contributed by atoms with Crippen molar-refractivity contribution in [3.05, 3.63) is 29.8 Å². The zero-order valence-corrected chi connectivity index (χ0v) is 14.2. The Labute approximate surface area is 139 Å². The van der Waals surface area contributed by atoms with E-state index in [-0.39, 0.29) is 24.4 Å². The second-order valence-electron chi connectivity index (χ2n) is 5.78. The summed E-state index contributed by atoms with van der Waals surface area (Å²) in [6.45, 7) is 4.17. The second kappa shape index (κ2) is 9.82. The summed E-state index contributed by atoms with van der Waals surface area (Å²) in [4.78, 5) is 12.0. The molecule has 0 spiro atoms. The molecule has 0 saturated carbocycles. The molecule has 1 unspecified atom stereocenters. The summed E-state index contributed by atoms with van der Waals surface area (Å²) in [5, 5.41) is 6.34. The van der Waals surface area contributed by atoms with E-state index in [1.54, 1.807) is 7.11 Å². The number of hydrogen-bond donors (Lipinski definition) is 2. The fraction of sp³-hybridized carbons (Fsp3) is 0.588. The lowest BCUT2D eigenvalue weighted by atomic mass is 9.93. The molecule has 1 aromatic carbocycles. The van der Waals surface area contributed by atoms with E-state index in [0.29, 0.717) is 12.3 Å². The van der Waals surface area contributed by atoms with Gasteiger partial charge in [-0.3, -0.25) is 4.79 Å². The van der Waals surface area contributed by atoms with E-state index in [0.717, 1.165) is 30.8 Å². The second-order valence-corrected chi connectivity index (χ2v) is 5.78. The lowest BCUT2D eigenvalue weighted by Gasteiger charge is -2.22. The number of methoxy groups -OCH3 is 1. The first kappa shape index (κ1) is 18.9. The SMILES string of the molecule is COC(C)c1cccc(NC(=O)CCC2CCNCC2)c1.Cl. The minimum absolute atomic E-state index is 0. The van der Waals surface area contributed by atoms with Gasteiger partial charge in [0, 0.05) is 19.2 Å². The number of piperidine rings is 1. The van der Waals surface area contributed by atoms with Crippen LogP contribution in [0.4, 0.5) is 5.69 Å². The van der Waals surface area contributed by atoms with Crippen molar-refractivity contribution in [1.29, 1.82) is 0 Å². The number of amides is 1. The van der Waals surface area contributed by atoms with Gasteiger partial charge >= 0.3 is 0 Å². The molecule has 0 aliphatic carbocycles. The predicted octanol–water partition coefficient (Wildman–Crippen LogP) is 3.53. The molecule has 1 aliphatic rings. The highest BCUT2D eigenvalue weighted by molar-refractivity contribution is 5.90. The van der Waals surface area contributed by atoms with Crippen LogP contribution in [0.2, 0.25) is 0 Å². The maximum atomic E-state index is 12.0. The summed E-state index contributed by atoms with van der Waals surface area (Å²) >= 11 is 0. The van der Waals surface area contributed by atoms with E-state index < -0.39 is 0 Å². The van der Waals surface area contributed by atoms with Crippen molar-refractivity contribution in [2.75, 3.05) is 25.5 Å². The average Bonchev–Trinajstić information content (AvgIpc) is 2.53. The number of halogens is 1. The molecule has 0 aromatic heterocycles. The molecule has 2 rings (SSSR count). The van der Waals surface area contributed by atoms with Crippen molar-refractivity contribution < 1.29 is 9.53 Å². The highest BCUT2D eigenvalue weighted by Crippen LogP contribution is 2.21. The van der Waals surface area contributed by atoms with Gasteiger partial charge in [0.25, 0.3) is 0 Å². The van der Waals surface area contributed by atoms with E-state index in [1.165, 1.54) is 12.8 Å². The van der Waals surface area contributed by atoms with E-state index in [9.17, 15) is 4.79 Å². The van der Waals surface area contributed by atoms with Gasteiger partial charge in [-0.1, -0.05) is 12.1 Å². The van der Waals surface area contributed by atoms with Crippen LogP contribution in [-0.4, -0.2) is 26.1 Å². The van der Waals surface area contributed by atoms with Crippen LogP contribution in [0, 0.1) is 5.92 Å². The Morgan fingerprint density at radius 3 is 2.82 bits per heavy atom. The molecule has 0 bridgehead atoms. The molecule has 1 heterocycles. The summed E-state index contributed by atoms with van der Waals surface area (Å²) in [6, 6.07) is 7.87. The number of benzene rings is 1. The summed E-state index contributed by atoms with van der Waals surface area (Å²) < 4.78 is 5.30. The molecular formula is C17H27ClN2O2. The zero-order chi connectivity index (χ0) is 15.1. The number of carbonyl (C=O) groups excluding carboxylic acids is 1. The molecule has 0 radical (unpaired) electrons. The molecular weight excluding hydrogens is 300 g/mol.